The Morgan fingerprint density at radius 2 is 2.35 bits per heavy atom. The van der Waals surface area contributed by atoms with Crippen LogP contribution in [-0.4, -0.2) is 29.3 Å². The number of nitrogens with zero attached hydrogens (tertiary/aromatic N) is 2. The van der Waals surface area contributed by atoms with E-state index in [0.29, 0.717) is 42.4 Å². The van der Waals surface area contributed by atoms with Crippen molar-refractivity contribution in [1.82, 2.24) is 10.1 Å². The maximum absolute atomic E-state index is 11.9. The van der Waals surface area contributed by atoms with Crippen LogP contribution in [0.4, 0.5) is 11.4 Å². The molecule has 7 nitrogen and oxygen atoms in total. The number of nitrogen functional groups attached to an aromatic ring is 1. The first kappa shape index (κ1) is 13.9. The molecule has 0 atom stereocenters. The summed E-state index contributed by atoms with van der Waals surface area (Å²) < 4.78 is 9.89. The molecule has 1 aromatic carbocycles. The van der Waals surface area contributed by atoms with E-state index in [1.54, 1.807) is 25.1 Å². The highest BCUT2D eigenvalue weighted by Gasteiger charge is 2.13. The van der Waals surface area contributed by atoms with Crippen molar-refractivity contribution in [2.75, 3.05) is 24.2 Å². The molecule has 0 radical (unpaired) electrons. The molecule has 106 valence electrons. The second-order valence-corrected chi connectivity index (χ2v) is 4.04. The van der Waals surface area contributed by atoms with E-state index in [0.717, 1.165) is 0 Å². The molecular weight excluding hydrogens is 260 g/mol. The normalized spacial score (nSPS) is 10.2. The van der Waals surface area contributed by atoms with Gasteiger partial charge in [0.1, 0.15) is 0 Å². The van der Waals surface area contributed by atoms with Gasteiger partial charge in [-0.05, 0) is 25.1 Å². The van der Waals surface area contributed by atoms with Crippen molar-refractivity contribution >= 4 is 17.3 Å². The summed E-state index contributed by atoms with van der Waals surface area (Å²) in [5.74, 6) is 0.130. The molecule has 0 fully saturated rings. The Labute approximate surface area is 116 Å². The molecule has 0 amide bonds. The summed E-state index contributed by atoms with van der Waals surface area (Å²) in [4.78, 5) is 15.8. The lowest BCUT2D eigenvalue weighted by Gasteiger charge is -2.11. The van der Waals surface area contributed by atoms with E-state index >= 15 is 0 Å². The zero-order chi connectivity index (χ0) is 14.4. The number of benzene rings is 1. The van der Waals surface area contributed by atoms with Gasteiger partial charge in [0.05, 0.1) is 12.2 Å². The van der Waals surface area contributed by atoms with Gasteiger partial charge < -0.3 is 20.3 Å². The first-order valence-electron chi connectivity index (χ1n) is 6.26. The number of carbonyl (C=O) groups is 1. The number of nitrogens with two attached hydrogens (primary N) is 1. The maximum atomic E-state index is 11.9. The predicted octanol–water partition coefficient (Wildman–Crippen LogP) is 1.48. The van der Waals surface area contributed by atoms with Crippen molar-refractivity contribution in [2.45, 2.75) is 13.3 Å². The van der Waals surface area contributed by atoms with Crippen molar-refractivity contribution in [2.24, 2.45) is 0 Å². The second kappa shape index (κ2) is 6.55. The van der Waals surface area contributed by atoms with Crippen molar-refractivity contribution in [3.63, 3.8) is 0 Å². The van der Waals surface area contributed by atoms with Crippen molar-refractivity contribution in [1.29, 1.82) is 0 Å². The summed E-state index contributed by atoms with van der Waals surface area (Å²) in [5.41, 5.74) is 7.29. The Morgan fingerprint density at radius 1 is 1.50 bits per heavy atom. The quantitative estimate of drug-likeness (QED) is 0.608. The van der Waals surface area contributed by atoms with Crippen LogP contribution in [0.5, 0.6) is 0 Å². The lowest BCUT2D eigenvalue weighted by molar-refractivity contribution is 0.0527. The van der Waals surface area contributed by atoms with Crippen LogP contribution in [0, 0.1) is 0 Å². The smallest absolute Gasteiger partial charge is 0.340 e. The fourth-order valence-corrected chi connectivity index (χ4v) is 1.70. The van der Waals surface area contributed by atoms with E-state index in [2.05, 4.69) is 15.5 Å². The number of nitrogens with one attached hydrogen (secondary N) is 1. The summed E-state index contributed by atoms with van der Waals surface area (Å²) in [5, 5.41) is 6.66. The molecule has 0 aliphatic carbocycles. The van der Waals surface area contributed by atoms with Gasteiger partial charge in [-0.1, -0.05) is 5.16 Å². The molecule has 0 aliphatic heterocycles. The predicted molar refractivity (Wildman–Crippen MR) is 73.3 cm³/mol. The van der Waals surface area contributed by atoms with Gasteiger partial charge in [0.25, 0.3) is 0 Å². The summed E-state index contributed by atoms with van der Waals surface area (Å²) in [7, 11) is 0. The second-order valence-electron chi connectivity index (χ2n) is 4.04. The number of hydrogen-bond donors (Lipinski definition) is 2. The van der Waals surface area contributed by atoms with Crippen LogP contribution in [0.1, 0.15) is 23.2 Å². The van der Waals surface area contributed by atoms with Crippen LogP contribution in [-0.2, 0) is 11.2 Å². The first-order valence-corrected chi connectivity index (χ1v) is 6.26. The van der Waals surface area contributed by atoms with Gasteiger partial charge in [-0.2, -0.15) is 4.98 Å². The molecule has 0 aliphatic rings. The van der Waals surface area contributed by atoms with E-state index in [-0.39, 0.29) is 0 Å². The molecule has 0 spiro atoms. The van der Waals surface area contributed by atoms with Gasteiger partial charge in [-0.15, -0.1) is 0 Å². The number of anilines is 2. The van der Waals surface area contributed by atoms with Gasteiger partial charge in [0.15, 0.2) is 6.33 Å². The van der Waals surface area contributed by atoms with Crippen LogP contribution in [0.2, 0.25) is 0 Å². The molecule has 3 N–H and O–H groups in total. The monoisotopic (exact) mass is 276 g/mol. The molecule has 7 heteroatoms. The summed E-state index contributed by atoms with van der Waals surface area (Å²) in [6.07, 6.45) is 1.91. The minimum Gasteiger partial charge on any atom is -0.462 e. The average molecular weight is 276 g/mol. The van der Waals surface area contributed by atoms with Crippen molar-refractivity contribution in [3.8, 4) is 0 Å². The van der Waals surface area contributed by atoms with Crippen LogP contribution in [0.25, 0.3) is 0 Å². The third-order valence-electron chi connectivity index (χ3n) is 2.60. The number of rotatable bonds is 6. The topological polar surface area (TPSA) is 103 Å². The molecule has 0 saturated carbocycles. The Bertz CT molecular complexity index is 569. The van der Waals surface area contributed by atoms with Crippen LogP contribution < -0.4 is 11.1 Å². The Morgan fingerprint density at radius 3 is 3.05 bits per heavy atom. The molecule has 2 aromatic rings. The van der Waals surface area contributed by atoms with Crippen LogP contribution in [0.3, 0.4) is 0 Å². The highest BCUT2D eigenvalue weighted by Crippen LogP contribution is 2.20. The Kier molecular flexibility index (Phi) is 4.54. The lowest BCUT2D eigenvalue weighted by atomic mass is 10.1. The summed E-state index contributed by atoms with van der Waals surface area (Å²) in [6, 6.07) is 5.06. The van der Waals surface area contributed by atoms with E-state index in [9.17, 15) is 4.79 Å². The fourth-order valence-electron chi connectivity index (χ4n) is 1.70. The number of aromatic nitrogens is 2. The number of hydrogen-bond acceptors (Lipinski definition) is 7. The average Bonchev–Trinajstić information content (AvgIpc) is 2.94. The number of carbonyl (C=O) groups excluding carboxylic acids is 1. The van der Waals surface area contributed by atoms with Gasteiger partial charge in [-0.3, -0.25) is 0 Å². The molecule has 1 heterocycles. The minimum atomic E-state index is -0.403. The molecule has 0 bridgehead atoms. The zero-order valence-electron chi connectivity index (χ0n) is 11.1. The molecule has 2 rings (SSSR count). The molecule has 1 aromatic heterocycles. The maximum Gasteiger partial charge on any atom is 0.340 e. The summed E-state index contributed by atoms with van der Waals surface area (Å²) in [6.45, 7) is 2.63. The molecular formula is C13H16N4O3. The Balaban J connectivity index is 2.04. The molecule has 0 saturated heterocycles. The zero-order valence-corrected chi connectivity index (χ0v) is 11.1. The Hall–Kier alpha value is -2.57. The third-order valence-corrected chi connectivity index (χ3v) is 2.60. The number of ether oxygens (including phenoxy) is 1. The van der Waals surface area contributed by atoms with Crippen molar-refractivity contribution in [3.05, 3.63) is 36.0 Å². The number of esters is 1. The first-order chi connectivity index (χ1) is 9.70. The SMILES string of the molecule is CCOC(=O)c1cc(N)ccc1NCCc1ncno1. The lowest BCUT2D eigenvalue weighted by Crippen LogP contribution is -2.12. The summed E-state index contributed by atoms with van der Waals surface area (Å²) >= 11 is 0. The van der Waals surface area contributed by atoms with Gasteiger partial charge in [0, 0.05) is 24.3 Å². The van der Waals surface area contributed by atoms with E-state index in [1.165, 1.54) is 6.33 Å². The standard InChI is InChI=1S/C13H16N4O3/c1-2-19-13(18)10-7-9(14)3-4-11(10)15-6-5-12-16-8-17-20-12/h3-4,7-8,15H,2,5-6,14H2,1H3. The highest BCUT2D eigenvalue weighted by molar-refractivity contribution is 5.96. The van der Waals surface area contributed by atoms with Gasteiger partial charge in [0.2, 0.25) is 5.89 Å². The molecule has 0 unspecified atom stereocenters. The van der Waals surface area contributed by atoms with Crippen LogP contribution in [0.15, 0.2) is 29.0 Å². The van der Waals surface area contributed by atoms with E-state index in [4.69, 9.17) is 15.0 Å². The third kappa shape index (κ3) is 3.47. The highest BCUT2D eigenvalue weighted by atomic mass is 16.5. The van der Waals surface area contributed by atoms with Gasteiger partial charge >= 0.3 is 5.97 Å². The van der Waals surface area contributed by atoms with E-state index in [1.807, 2.05) is 0 Å². The van der Waals surface area contributed by atoms with Crippen molar-refractivity contribution < 1.29 is 14.1 Å². The van der Waals surface area contributed by atoms with Crippen LogP contribution >= 0.6 is 0 Å². The fraction of sp³-hybridized carbons (Fsp3) is 0.308. The van der Waals surface area contributed by atoms with E-state index < -0.39 is 5.97 Å². The molecule has 20 heavy (non-hydrogen) atoms. The minimum absolute atomic E-state index is 0.315. The van der Waals surface area contributed by atoms with Gasteiger partial charge in [-0.25, -0.2) is 4.79 Å². The largest absolute Gasteiger partial charge is 0.462 e.